The van der Waals surface area contributed by atoms with Crippen LogP contribution in [0, 0.1) is 0 Å². The molecule has 1 N–H and O–H groups in total. The van der Waals surface area contributed by atoms with Gasteiger partial charge >= 0.3 is 0 Å². The zero-order valence-corrected chi connectivity index (χ0v) is 7.34. The van der Waals surface area contributed by atoms with Crippen molar-refractivity contribution in [3.8, 4) is 0 Å². The van der Waals surface area contributed by atoms with Crippen LogP contribution in [0.5, 0.6) is 0 Å². The van der Waals surface area contributed by atoms with Crippen molar-refractivity contribution in [1.82, 2.24) is 10.2 Å². The van der Waals surface area contributed by atoms with Crippen LogP contribution in [0.2, 0.25) is 0 Å². The fourth-order valence-corrected chi connectivity index (χ4v) is 2.29. The highest BCUT2D eigenvalue weighted by atomic mass is 15.2. The van der Waals surface area contributed by atoms with Crippen LogP contribution < -0.4 is 5.32 Å². The minimum absolute atomic E-state index is 0.768. The fourth-order valence-electron chi connectivity index (χ4n) is 2.29. The first-order chi connectivity index (χ1) is 5.40. The maximum Gasteiger partial charge on any atom is 0.0221 e. The molecule has 2 saturated heterocycles. The van der Waals surface area contributed by atoms with E-state index in [9.17, 15) is 0 Å². The number of hydrogen-bond acceptors (Lipinski definition) is 2. The average molecular weight is 154 g/mol. The summed E-state index contributed by atoms with van der Waals surface area (Å²) in [5.41, 5.74) is 0. The van der Waals surface area contributed by atoms with Gasteiger partial charge in [0.25, 0.3) is 0 Å². The van der Waals surface area contributed by atoms with Gasteiger partial charge in [0.15, 0.2) is 0 Å². The second-order valence-corrected chi connectivity index (χ2v) is 3.80. The van der Waals surface area contributed by atoms with Crippen molar-refractivity contribution in [2.45, 2.75) is 38.3 Å². The molecule has 2 nitrogen and oxygen atoms in total. The molecule has 0 amide bonds. The van der Waals surface area contributed by atoms with E-state index in [1.54, 1.807) is 0 Å². The number of hydrogen-bond donors (Lipinski definition) is 1. The lowest BCUT2D eigenvalue weighted by Gasteiger charge is -2.35. The first-order valence-electron chi connectivity index (χ1n) is 4.87. The van der Waals surface area contributed by atoms with Crippen LogP contribution in [0.4, 0.5) is 0 Å². The molecule has 2 heteroatoms. The molecule has 1 unspecified atom stereocenters. The maximum absolute atomic E-state index is 3.60. The van der Waals surface area contributed by atoms with E-state index in [2.05, 4.69) is 17.1 Å². The fraction of sp³-hybridized carbons (Fsp3) is 1.00. The van der Waals surface area contributed by atoms with Gasteiger partial charge in [-0.3, -0.25) is 4.90 Å². The SMILES string of the molecule is CCC1CN2CCC[C@H]2CN1. The van der Waals surface area contributed by atoms with E-state index in [1.165, 1.54) is 38.9 Å². The van der Waals surface area contributed by atoms with Crippen molar-refractivity contribution < 1.29 is 0 Å². The van der Waals surface area contributed by atoms with Crippen molar-refractivity contribution >= 4 is 0 Å². The van der Waals surface area contributed by atoms with Gasteiger partial charge < -0.3 is 5.32 Å². The predicted molar refractivity (Wildman–Crippen MR) is 46.7 cm³/mol. The van der Waals surface area contributed by atoms with Gasteiger partial charge in [-0.1, -0.05) is 6.92 Å². The highest BCUT2D eigenvalue weighted by molar-refractivity contribution is 4.89. The molecule has 2 rings (SSSR count). The minimum Gasteiger partial charge on any atom is -0.311 e. The number of piperazine rings is 1. The third kappa shape index (κ3) is 1.42. The monoisotopic (exact) mass is 154 g/mol. The molecule has 0 spiro atoms. The number of rotatable bonds is 1. The van der Waals surface area contributed by atoms with Crippen LogP contribution in [0.1, 0.15) is 26.2 Å². The van der Waals surface area contributed by atoms with Crippen LogP contribution in [0.3, 0.4) is 0 Å². The zero-order valence-electron chi connectivity index (χ0n) is 7.34. The quantitative estimate of drug-likeness (QED) is 0.602. The van der Waals surface area contributed by atoms with E-state index in [4.69, 9.17) is 0 Å². The van der Waals surface area contributed by atoms with E-state index >= 15 is 0 Å². The molecule has 2 heterocycles. The lowest BCUT2D eigenvalue weighted by molar-refractivity contribution is 0.171. The van der Waals surface area contributed by atoms with Crippen molar-refractivity contribution in [1.29, 1.82) is 0 Å². The lowest BCUT2D eigenvalue weighted by Crippen LogP contribution is -2.53. The van der Waals surface area contributed by atoms with Crippen LogP contribution in [0.25, 0.3) is 0 Å². The molecule has 0 bridgehead atoms. The van der Waals surface area contributed by atoms with Gasteiger partial charge in [-0.25, -0.2) is 0 Å². The molecule has 0 saturated carbocycles. The Hall–Kier alpha value is -0.0800. The van der Waals surface area contributed by atoms with E-state index in [-0.39, 0.29) is 0 Å². The van der Waals surface area contributed by atoms with Gasteiger partial charge in [0.05, 0.1) is 0 Å². The largest absolute Gasteiger partial charge is 0.311 e. The Bertz CT molecular complexity index is 136. The summed E-state index contributed by atoms with van der Waals surface area (Å²) in [6.07, 6.45) is 4.12. The second kappa shape index (κ2) is 3.11. The molecule has 0 aromatic heterocycles. The number of nitrogens with one attached hydrogen (secondary N) is 1. The van der Waals surface area contributed by atoms with Crippen molar-refractivity contribution in [2.24, 2.45) is 0 Å². The summed E-state index contributed by atoms with van der Waals surface area (Å²) >= 11 is 0. The van der Waals surface area contributed by atoms with E-state index in [1.807, 2.05) is 0 Å². The van der Waals surface area contributed by atoms with Gasteiger partial charge in [0, 0.05) is 25.2 Å². The summed E-state index contributed by atoms with van der Waals surface area (Å²) in [6, 6.07) is 1.64. The van der Waals surface area contributed by atoms with E-state index in [0.717, 1.165) is 12.1 Å². The molecule has 2 aliphatic rings. The molecule has 2 fully saturated rings. The Morgan fingerprint density at radius 2 is 2.45 bits per heavy atom. The summed E-state index contributed by atoms with van der Waals surface area (Å²) in [6.45, 7) is 6.15. The standard InChI is InChI=1S/C9H18N2/c1-2-8-7-11-5-3-4-9(11)6-10-8/h8-10H,2-7H2,1H3/t8?,9-/m0/s1. The van der Waals surface area contributed by atoms with Gasteiger partial charge in [-0.05, 0) is 25.8 Å². The van der Waals surface area contributed by atoms with Crippen LogP contribution in [0.15, 0.2) is 0 Å². The molecule has 2 aliphatic heterocycles. The molecule has 0 aromatic rings. The van der Waals surface area contributed by atoms with Crippen molar-refractivity contribution in [3.05, 3.63) is 0 Å². The Morgan fingerprint density at radius 3 is 3.27 bits per heavy atom. The van der Waals surface area contributed by atoms with Gasteiger partial charge in [-0.15, -0.1) is 0 Å². The number of fused-ring (bicyclic) bond motifs is 1. The Labute approximate surface area is 69.0 Å². The van der Waals surface area contributed by atoms with Crippen LogP contribution in [-0.4, -0.2) is 36.6 Å². The van der Waals surface area contributed by atoms with E-state index in [0.29, 0.717) is 0 Å². The summed E-state index contributed by atoms with van der Waals surface area (Å²) in [4.78, 5) is 2.66. The lowest BCUT2D eigenvalue weighted by atomic mass is 10.1. The van der Waals surface area contributed by atoms with Gasteiger partial charge in [0.2, 0.25) is 0 Å². The highest BCUT2D eigenvalue weighted by Crippen LogP contribution is 2.20. The normalized spacial score (nSPS) is 39.0. The summed E-state index contributed by atoms with van der Waals surface area (Å²) < 4.78 is 0. The van der Waals surface area contributed by atoms with E-state index < -0.39 is 0 Å². The van der Waals surface area contributed by atoms with Crippen molar-refractivity contribution in [2.75, 3.05) is 19.6 Å². The Balaban J connectivity index is 1.91. The maximum atomic E-state index is 3.60. The molecule has 0 aliphatic carbocycles. The molecule has 11 heavy (non-hydrogen) atoms. The molecule has 64 valence electrons. The third-order valence-corrected chi connectivity index (χ3v) is 3.09. The molecular formula is C9H18N2. The number of nitrogens with zero attached hydrogens (tertiary/aromatic N) is 1. The predicted octanol–water partition coefficient (Wildman–Crippen LogP) is 0.833. The van der Waals surface area contributed by atoms with Crippen LogP contribution >= 0.6 is 0 Å². The Kier molecular flexibility index (Phi) is 2.14. The molecule has 0 radical (unpaired) electrons. The van der Waals surface area contributed by atoms with Gasteiger partial charge in [0.1, 0.15) is 0 Å². The summed E-state index contributed by atoms with van der Waals surface area (Å²) in [5, 5.41) is 3.60. The first-order valence-corrected chi connectivity index (χ1v) is 4.87. The molecule has 0 aromatic carbocycles. The topological polar surface area (TPSA) is 15.3 Å². The molecule has 2 atom stereocenters. The molecular weight excluding hydrogens is 136 g/mol. The average Bonchev–Trinajstić information content (AvgIpc) is 2.50. The minimum atomic E-state index is 0.768. The second-order valence-electron chi connectivity index (χ2n) is 3.80. The zero-order chi connectivity index (χ0) is 7.68. The van der Waals surface area contributed by atoms with Crippen LogP contribution in [-0.2, 0) is 0 Å². The Morgan fingerprint density at radius 1 is 1.55 bits per heavy atom. The smallest absolute Gasteiger partial charge is 0.0221 e. The first kappa shape index (κ1) is 7.56. The summed E-state index contributed by atoms with van der Waals surface area (Å²) in [5.74, 6) is 0. The van der Waals surface area contributed by atoms with Gasteiger partial charge in [-0.2, -0.15) is 0 Å². The third-order valence-electron chi connectivity index (χ3n) is 3.09. The summed E-state index contributed by atoms with van der Waals surface area (Å²) in [7, 11) is 0. The van der Waals surface area contributed by atoms with Crippen molar-refractivity contribution in [3.63, 3.8) is 0 Å². The highest BCUT2D eigenvalue weighted by Gasteiger charge is 2.29.